The Hall–Kier alpha value is -2.49. The number of carbonyl (C=O) groups is 2. The Morgan fingerprint density at radius 3 is 2.62 bits per heavy atom. The molecule has 2 aromatic carbocycles. The van der Waals surface area contributed by atoms with Crippen molar-refractivity contribution in [2.24, 2.45) is 4.99 Å². The number of sulfone groups is 1. The van der Waals surface area contributed by atoms with Crippen molar-refractivity contribution in [2.45, 2.75) is 18.4 Å². The van der Waals surface area contributed by atoms with Gasteiger partial charge in [0.25, 0.3) is 5.91 Å². The number of nitrogens with zero attached hydrogens (tertiary/aromatic N) is 2. The number of amides is 1. The molecule has 152 valence electrons. The first-order chi connectivity index (χ1) is 13.7. The molecule has 0 N–H and O–H groups in total. The van der Waals surface area contributed by atoms with Crippen LogP contribution >= 0.6 is 22.9 Å². The van der Waals surface area contributed by atoms with E-state index in [1.807, 2.05) is 0 Å². The van der Waals surface area contributed by atoms with Crippen LogP contribution in [0.3, 0.4) is 0 Å². The highest BCUT2D eigenvalue weighted by Gasteiger charge is 2.19. The fraction of sp³-hybridized carbons (Fsp3) is 0.211. The Morgan fingerprint density at radius 1 is 1.21 bits per heavy atom. The number of hydrogen-bond acceptors (Lipinski definition) is 6. The van der Waals surface area contributed by atoms with Crippen molar-refractivity contribution in [1.82, 2.24) is 4.57 Å². The average Bonchev–Trinajstić information content (AvgIpc) is 2.97. The Kier molecular flexibility index (Phi) is 6.21. The standard InChI is InChI=1S/C19H17ClN2O5S2/c1-3-27-17(23)11-22-14-9-8-12(20)10-15(14)28-19(22)21-18(24)13-6-4-5-7-16(13)29(2,25)26/h4-10H,3,11H2,1-2H3. The molecular formula is C19H17ClN2O5S2. The van der Waals surface area contributed by atoms with Crippen LogP contribution < -0.4 is 4.80 Å². The summed E-state index contributed by atoms with van der Waals surface area (Å²) in [5, 5.41) is 0.502. The molecule has 3 rings (SSSR count). The van der Waals surface area contributed by atoms with Gasteiger partial charge in [0.2, 0.25) is 0 Å². The number of thiazole rings is 1. The average molecular weight is 453 g/mol. The van der Waals surface area contributed by atoms with E-state index < -0.39 is 21.7 Å². The van der Waals surface area contributed by atoms with Gasteiger partial charge in [-0.05, 0) is 37.3 Å². The molecule has 0 aliphatic carbocycles. The van der Waals surface area contributed by atoms with Crippen LogP contribution in [0.4, 0.5) is 0 Å². The number of ether oxygens (including phenoxy) is 1. The van der Waals surface area contributed by atoms with Gasteiger partial charge in [-0.15, -0.1) is 0 Å². The summed E-state index contributed by atoms with van der Waals surface area (Å²) in [6, 6.07) is 11.0. The maximum absolute atomic E-state index is 12.8. The molecule has 1 aromatic heterocycles. The number of carbonyl (C=O) groups excluding carboxylic acids is 2. The monoisotopic (exact) mass is 452 g/mol. The molecule has 0 radical (unpaired) electrons. The van der Waals surface area contributed by atoms with Crippen LogP contribution in [0.25, 0.3) is 10.2 Å². The van der Waals surface area contributed by atoms with Crippen molar-refractivity contribution >= 4 is 54.9 Å². The Labute approximate surface area is 176 Å². The highest BCUT2D eigenvalue weighted by molar-refractivity contribution is 7.90. The summed E-state index contributed by atoms with van der Waals surface area (Å²) >= 11 is 7.22. The third-order valence-electron chi connectivity index (χ3n) is 3.95. The van der Waals surface area contributed by atoms with Gasteiger partial charge in [-0.25, -0.2) is 8.42 Å². The maximum Gasteiger partial charge on any atom is 0.326 e. The summed E-state index contributed by atoms with van der Waals surface area (Å²) in [4.78, 5) is 29.1. The van der Waals surface area contributed by atoms with Gasteiger partial charge in [0.15, 0.2) is 14.6 Å². The van der Waals surface area contributed by atoms with E-state index in [1.54, 1.807) is 35.8 Å². The largest absolute Gasteiger partial charge is 0.465 e. The summed E-state index contributed by atoms with van der Waals surface area (Å²) in [5.74, 6) is -1.20. The number of halogens is 1. The number of aromatic nitrogens is 1. The summed E-state index contributed by atoms with van der Waals surface area (Å²) < 4.78 is 31.3. The molecule has 0 saturated heterocycles. The third-order valence-corrected chi connectivity index (χ3v) is 6.38. The molecular weight excluding hydrogens is 436 g/mol. The van der Waals surface area contributed by atoms with Gasteiger partial charge in [-0.1, -0.05) is 35.1 Å². The molecule has 0 saturated carbocycles. The normalized spacial score (nSPS) is 12.3. The summed E-state index contributed by atoms with van der Waals surface area (Å²) in [6.07, 6.45) is 1.03. The lowest BCUT2D eigenvalue weighted by Crippen LogP contribution is -2.23. The topological polar surface area (TPSA) is 94.8 Å². The number of esters is 1. The van der Waals surface area contributed by atoms with Gasteiger partial charge in [-0.3, -0.25) is 9.59 Å². The van der Waals surface area contributed by atoms with Crippen LogP contribution in [0.5, 0.6) is 0 Å². The van der Waals surface area contributed by atoms with Crippen LogP contribution in [0.1, 0.15) is 17.3 Å². The van der Waals surface area contributed by atoms with Crippen molar-refractivity contribution in [2.75, 3.05) is 12.9 Å². The van der Waals surface area contributed by atoms with Crippen molar-refractivity contribution in [1.29, 1.82) is 0 Å². The van der Waals surface area contributed by atoms with Gasteiger partial charge in [0.05, 0.1) is 27.3 Å². The fourth-order valence-corrected chi connectivity index (χ4v) is 4.92. The van der Waals surface area contributed by atoms with E-state index in [4.69, 9.17) is 16.3 Å². The van der Waals surface area contributed by atoms with Crippen molar-refractivity contribution in [3.05, 3.63) is 57.9 Å². The molecule has 3 aromatic rings. The molecule has 0 aliphatic heterocycles. The van der Waals surface area contributed by atoms with E-state index >= 15 is 0 Å². The minimum atomic E-state index is -3.61. The van der Waals surface area contributed by atoms with Crippen LogP contribution in [0.2, 0.25) is 5.02 Å². The molecule has 0 atom stereocenters. The van der Waals surface area contributed by atoms with Crippen molar-refractivity contribution in [3.8, 4) is 0 Å². The number of fused-ring (bicyclic) bond motifs is 1. The summed E-state index contributed by atoms with van der Waals surface area (Å²) in [7, 11) is -3.61. The van der Waals surface area contributed by atoms with Gasteiger partial charge >= 0.3 is 5.97 Å². The smallest absolute Gasteiger partial charge is 0.326 e. The van der Waals surface area contributed by atoms with E-state index in [0.717, 1.165) is 11.0 Å². The van der Waals surface area contributed by atoms with Gasteiger partial charge in [0.1, 0.15) is 6.54 Å². The van der Waals surface area contributed by atoms with Crippen molar-refractivity contribution < 1.29 is 22.7 Å². The molecule has 0 bridgehead atoms. The molecule has 0 unspecified atom stereocenters. The SMILES string of the molecule is CCOC(=O)Cn1c(=NC(=O)c2ccccc2S(C)(=O)=O)sc2cc(Cl)ccc21. The minimum Gasteiger partial charge on any atom is -0.465 e. The predicted octanol–water partition coefficient (Wildman–Crippen LogP) is 3.06. The zero-order valence-corrected chi connectivity index (χ0v) is 18.0. The first kappa shape index (κ1) is 21.2. The second-order valence-corrected chi connectivity index (χ2v) is 9.50. The Morgan fingerprint density at radius 2 is 1.93 bits per heavy atom. The van der Waals surface area contributed by atoms with Gasteiger partial charge < -0.3 is 9.30 Å². The van der Waals surface area contributed by atoms with E-state index in [9.17, 15) is 18.0 Å². The van der Waals surface area contributed by atoms with Crippen LogP contribution in [0.15, 0.2) is 52.4 Å². The van der Waals surface area contributed by atoms with Gasteiger partial charge in [-0.2, -0.15) is 4.99 Å². The molecule has 0 spiro atoms. The number of rotatable bonds is 5. The summed E-state index contributed by atoms with van der Waals surface area (Å²) in [5.41, 5.74) is 0.628. The lowest BCUT2D eigenvalue weighted by atomic mass is 10.2. The molecule has 1 heterocycles. The van der Waals surface area contributed by atoms with Crippen LogP contribution in [-0.2, 0) is 25.9 Å². The van der Waals surface area contributed by atoms with E-state index in [0.29, 0.717) is 10.5 Å². The van der Waals surface area contributed by atoms with Crippen molar-refractivity contribution in [3.63, 3.8) is 0 Å². The molecule has 7 nitrogen and oxygen atoms in total. The minimum absolute atomic E-state index is 0.0341. The number of benzene rings is 2. The Bertz CT molecular complexity index is 1280. The van der Waals surface area contributed by atoms with E-state index in [-0.39, 0.29) is 28.4 Å². The zero-order chi connectivity index (χ0) is 21.2. The molecule has 29 heavy (non-hydrogen) atoms. The fourth-order valence-electron chi connectivity index (χ4n) is 2.73. The quantitative estimate of drug-likeness (QED) is 0.554. The molecule has 1 amide bonds. The lowest BCUT2D eigenvalue weighted by Gasteiger charge is -2.06. The molecule has 0 fully saturated rings. The lowest BCUT2D eigenvalue weighted by molar-refractivity contribution is -0.143. The second-order valence-electron chi connectivity index (χ2n) is 6.07. The molecule has 10 heteroatoms. The van der Waals surface area contributed by atoms with Gasteiger partial charge in [0, 0.05) is 11.3 Å². The third kappa shape index (κ3) is 4.75. The first-order valence-electron chi connectivity index (χ1n) is 8.53. The Balaban J connectivity index is 2.17. The predicted molar refractivity (Wildman–Crippen MR) is 111 cm³/mol. The highest BCUT2D eigenvalue weighted by Crippen LogP contribution is 2.22. The second kappa shape index (κ2) is 8.48. The van der Waals surface area contributed by atoms with Crippen LogP contribution in [-0.4, -0.2) is 37.7 Å². The van der Waals surface area contributed by atoms with E-state index in [2.05, 4.69) is 4.99 Å². The highest BCUT2D eigenvalue weighted by atomic mass is 35.5. The zero-order valence-electron chi connectivity index (χ0n) is 15.6. The van der Waals surface area contributed by atoms with Crippen LogP contribution in [0, 0.1) is 0 Å². The summed E-state index contributed by atoms with van der Waals surface area (Å²) in [6.45, 7) is 1.78. The number of hydrogen-bond donors (Lipinski definition) is 0. The first-order valence-corrected chi connectivity index (χ1v) is 11.6. The van der Waals surface area contributed by atoms with E-state index in [1.165, 1.54) is 29.5 Å². The maximum atomic E-state index is 12.8. The molecule has 0 aliphatic rings.